The normalized spacial score (nSPS) is 18.2. The van der Waals surface area contributed by atoms with Crippen LogP contribution in [0.25, 0.3) is 0 Å². The summed E-state index contributed by atoms with van der Waals surface area (Å²) in [6, 6.07) is 14.4. The number of carbonyl (C=O) groups is 2. The SMILES string of the molecule is CN(CCN1CCN(Cc2ccc(C(=O)O)cc2)CC1)CCN1CCN(Cc2ccc(C(=O)O)cc2)CC1. The number of likely N-dealkylation sites (N-methyl/N-ethyl adjacent to an activating group) is 1. The van der Waals surface area contributed by atoms with E-state index in [-0.39, 0.29) is 0 Å². The van der Waals surface area contributed by atoms with E-state index in [2.05, 4.69) is 31.5 Å². The molecule has 2 aromatic carbocycles. The van der Waals surface area contributed by atoms with Crippen LogP contribution >= 0.6 is 0 Å². The molecule has 2 heterocycles. The fraction of sp³-hybridized carbons (Fsp3) is 0.517. The summed E-state index contributed by atoms with van der Waals surface area (Å²) in [6.45, 7) is 14.5. The van der Waals surface area contributed by atoms with E-state index in [9.17, 15) is 9.59 Å². The summed E-state index contributed by atoms with van der Waals surface area (Å²) < 4.78 is 0. The van der Waals surface area contributed by atoms with Gasteiger partial charge in [-0.1, -0.05) is 24.3 Å². The first-order valence-electron chi connectivity index (χ1n) is 13.6. The molecule has 0 atom stereocenters. The van der Waals surface area contributed by atoms with E-state index in [0.717, 1.165) is 91.6 Å². The average Bonchev–Trinajstić information content (AvgIpc) is 2.93. The van der Waals surface area contributed by atoms with Crippen LogP contribution in [-0.4, -0.2) is 132 Å². The van der Waals surface area contributed by atoms with E-state index in [1.54, 1.807) is 24.3 Å². The van der Waals surface area contributed by atoms with Crippen molar-refractivity contribution in [3.8, 4) is 0 Å². The van der Waals surface area contributed by atoms with Gasteiger partial charge in [0.1, 0.15) is 0 Å². The molecule has 2 fully saturated rings. The highest BCUT2D eigenvalue weighted by molar-refractivity contribution is 5.87. The third-order valence-corrected chi connectivity index (χ3v) is 7.74. The third-order valence-electron chi connectivity index (χ3n) is 7.74. The van der Waals surface area contributed by atoms with E-state index in [1.807, 2.05) is 24.3 Å². The van der Waals surface area contributed by atoms with Crippen molar-refractivity contribution in [1.82, 2.24) is 24.5 Å². The second-order valence-corrected chi connectivity index (χ2v) is 10.5. The number of rotatable bonds is 12. The molecule has 2 aliphatic rings. The van der Waals surface area contributed by atoms with Crippen molar-refractivity contribution < 1.29 is 19.8 Å². The fourth-order valence-corrected chi connectivity index (χ4v) is 5.10. The van der Waals surface area contributed by atoms with Crippen LogP contribution in [0.3, 0.4) is 0 Å². The Balaban J connectivity index is 1.06. The highest BCUT2D eigenvalue weighted by Gasteiger charge is 2.19. The minimum atomic E-state index is -0.878. The Morgan fingerprint density at radius 3 is 1.24 bits per heavy atom. The summed E-state index contributed by atoms with van der Waals surface area (Å²) in [7, 11) is 2.22. The number of benzene rings is 2. The Morgan fingerprint density at radius 2 is 0.921 bits per heavy atom. The number of aromatic carboxylic acids is 2. The molecule has 38 heavy (non-hydrogen) atoms. The van der Waals surface area contributed by atoms with Crippen LogP contribution in [-0.2, 0) is 13.1 Å². The van der Waals surface area contributed by atoms with Crippen LogP contribution in [0.1, 0.15) is 31.8 Å². The van der Waals surface area contributed by atoms with Gasteiger partial charge in [-0.05, 0) is 42.4 Å². The Morgan fingerprint density at radius 1 is 0.605 bits per heavy atom. The van der Waals surface area contributed by atoms with Gasteiger partial charge in [-0.2, -0.15) is 0 Å². The first-order valence-corrected chi connectivity index (χ1v) is 13.6. The lowest BCUT2D eigenvalue weighted by molar-refractivity contribution is 0.0686. The van der Waals surface area contributed by atoms with Gasteiger partial charge < -0.3 is 15.1 Å². The highest BCUT2D eigenvalue weighted by Crippen LogP contribution is 2.12. The topological polar surface area (TPSA) is 90.8 Å². The molecule has 0 spiro atoms. The lowest BCUT2D eigenvalue weighted by atomic mass is 10.1. The zero-order chi connectivity index (χ0) is 26.9. The van der Waals surface area contributed by atoms with E-state index in [1.165, 1.54) is 11.1 Å². The summed E-state index contributed by atoms with van der Waals surface area (Å²) >= 11 is 0. The number of hydrogen-bond donors (Lipinski definition) is 2. The summed E-state index contributed by atoms with van der Waals surface area (Å²) in [6.07, 6.45) is 0. The van der Waals surface area contributed by atoms with E-state index in [4.69, 9.17) is 10.2 Å². The Labute approximate surface area is 225 Å². The molecule has 9 nitrogen and oxygen atoms in total. The first kappa shape index (κ1) is 28.2. The van der Waals surface area contributed by atoms with Crippen molar-refractivity contribution >= 4 is 11.9 Å². The van der Waals surface area contributed by atoms with Gasteiger partial charge in [0, 0.05) is 91.6 Å². The molecule has 206 valence electrons. The number of nitrogens with zero attached hydrogens (tertiary/aromatic N) is 5. The second kappa shape index (κ2) is 13.8. The minimum absolute atomic E-state index is 0.340. The van der Waals surface area contributed by atoms with E-state index >= 15 is 0 Å². The Kier molecular flexibility index (Phi) is 10.3. The molecule has 0 radical (unpaired) electrons. The van der Waals surface area contributed by atoms with Gasteiger partial charge in [0.2, 0.25) is 0 Å². The van der Waals surface area contributed by atoms with Gasteiger partial charge in [-0.15, -0.1) is 0 Å². The Hall–Kier alpha value is -2.82. The monoisotopic (exact) mass is 523 g/mol. The standard InChI is InChI=1S/C29H41N5O4/c1-30(10-12-31-14-18-33(19-15-31)22-24-2-6-26(7-3-24)28(35)36)11-13-32-16-20-34(21-17-32)23-25-4-8-27(9-5-25)29(37)38/h2-9H,10-23H2,1H3,(H,35,36)(H,37,38). The van der Waals surface area contributed by atoms with Crippen LogP contribution in [0.5, 0.6) is 0 Å². The zero-order valence-electron chi connectivity index (χ0n) is 22.5. The summed E-state index contributed by atoms with van der Waals surface area (Å²) in [4.78, 5) is 34.5. The van der Waals surface area contributed by atoms with Gasteiger partial charge in [0.15, 0.2) is 0 Å². The molecule has 4 rings (SSSR count). The largest absolute Gasteiger partial charge is 0.478 e. The van der Waals surface area contributed by atoms with Crippen molar-refractivity contribution in [2.24, 2.45) is 0 Å². The van der Waals surface area contributed by atoms with Crippen LogP contribution in [0.4, 0.5) is 0 Å². The number of carboxylic acids is 2. The maximum atomic E-state index is 11.0. The van der Waals surface area contributed by atoms with Crippen LogP contribution < -0.4 is 0 Å². The van der Waals surface area contributed by atoms with E-state index < -0.39 is 11.9 Å². The maximum Gasteiger partial charge on any atom is 0.335 e. The lowest BCUT2D eigenvalue weighted by Crippen LogP contribution is -2.49. The lowest BCUT2D eigenvalue weighted by Gasteiger charge is -2.36. The van der Waals surface area contributed by atoms with Crippen molar-refractivity contribution in [2.75, 3.05) is 85.6 Å². The van der Waals surface area contributed by atoms with Gasteiger partial charge in [-0.25, -0.2) is 9.59 Å². The minimum Gasteiger partial charge on any atom is -0.478 e. The molecule has 2 aliphatic heterocycles. The van der Waals surface area contributed by atoms with Crippen LogP contribution in [0.2, 0.25) is 0 Å². The van der Waals surface area contributed by atoms with Crippen molar-refractivity contribution in [3.05, 3.63) is 70.8 Å². The number of carboxylic acid groups (broad SMARTS) is 2. The first-order chi connectivity index (χ1) is 18.4. The van der Waals surface area contributed by atoms with Crippen LogP contribution in [0, 0.1) is 0 Å². The van der Waals surface area contributed by atoms with Crippen molar-refractivity contribution in [1.29, 1.82) is 0 Å². The van der Waals surface area contributed by atoms with Gasteiger partial charge >= 0.3 is 11.9 Å². The predicted octanol–water partition coefficient (Wildman–Crippen LogP) is 1.95. The average molecular weight is 524 g/mol. The molecular formula is C29H41N5O4. The summed E-state index contributed by atoms with van der Waals surface area (Å²) in [5, 5.41) is 18.1. The fourth-order valence-electron chi connectivity index (χ4n) is 5.10. The van der Waals surface area contributed by atoms with Crippen LogP contribution in [0.15, 0.2) is 48.5 Å². The molecule has 0 amide bonds. The van der Waals surface area contributed by atoms with Gasteiger partial charge in [-0.3, -0.25) is 19.6 Å². The predicted molar refractivity (Wildman–Crippen MR) is 148 cm³/mol. The molecule has 2 aromatic rings. The molecule has 2 saturated heterocycles. The smallest absolute Gasteiger partial charge is 0.335 e. The van der Waals surface area contributed by atoms with Crippen molar-refractivity contribution in [3.63, 3.8) is 0 Å². The van der Waals surface area contributed by atoms with Gasteiger partial charge in [0.25, 0.3) is 0 Å². The molecule has 0 aromatic heterocycles. The maximum absolute atomic E-state index is 11.0. The zero-order valence-corrected chi connectivity index (χ0v) is 22.5. The number of hydrogen-bond acceptors (Lipinski definition) is 7. The Bertz CT molecular complexity index is 946. The molecule has 0 aliphatic carbocycles. The molecule has 0 bridgehead atoms. The summed E-state index contributed by atoms with van der Waals surface area (Å²) in [5.41, 5.74) is 3.01. The van der Waals surface area contributed by atoms with E-state index in [0.29, 0.717) is 11.1 Å². The highest BCUT2D eigenvalue weighted by atomic mass is 16.4. The quantitative estimate of drug-likeness (QED) is 0.433. The summed E-state index contributed by atoms with van der Waals surface area (Å²) in [5.74, 6) is -1.76. The molecule has 0 saturated carbocycles. The second-order valence-electron chi connectivity index (χ2n) is 10.5. The molecule has 9 heteroatoms. The van der Waals surface area contributed by atoms with Gasteiger partial charge in [0.05, 0.1) is 11.1 Å². The number of piperazine rings is 2. The molecule has 2 N–H and O–H groups in total. The van der Waals surface area contributed by atoms with Crippen molar-refractivity contribution in [2.45, 2.75) is 13.1 Å². The third kappa shape index (κ3) is 8.61. The molecule has 0 unspecified atom stereocenters. The molecular weight excluding hydrogens is 482 g/mol.